The summed E-state index contributed by atoms with van der Waals surface area (Å²) in [7, 11) is 0. The molecule has 0 rings (SSSR count). The fourth-order valence-electron chi connectivity index (χ4n) is 0. The third-order valence-electron chi connectivity index (χ3n) is 0. The summed E-state index contributed by atoms with van der Waals surface area (Å²) in [6.07, 6.45) is 0. The van der Waals surface area contributed by atoms with Crippen LogP contribution >= 0.6 is 17.0 Å². The molecular weight excluding hydrogens is 187 g/mol. The third-order valence-corrected chi connectivity index (χ3v) is 0. The zero-order valence-corrected chi connectivity index (χ0v) is 5.00. The number of halogens is 1. The smallest absolute Gasteiger partial charge is 0 e. The van der Waals surface area contributed by atoms with Crippen molar-refractivity contribution in [3.05, 3.63) is 0 Å². The summed E-state index contributed by atoms with van der Waals surface area (Å²) in [6.45, 7) is 0. The zero-order valence-electron chi connectivity index (χ0n) is 2.24. The topological polar surface area (TPSA) is 94.5 Å². The van der Waals surface area contributed by atoms with Gasteiger partial charge in [-0.15, -0.1) is 17.0 Å². The Bertz CT molecular complexity index is 6.85. The molecular formula is H7BrCoO3. The molecule has 0 unspecified atom stereocenters. The Balaban J connectivity index is 0. The van der Waals surface area contributed by atoms with Crippen molar-refractivity contribution in [1.29, 1.82) is 0 Å². The van der Waals surface area contributed by atoms with Gasteiger partial charge < -0.3 is 16.4 Å². The summed E-state index contributed by atoms with van der Waals surface area (Å²) in [5.41, 5.74) is 0. The molecule has 0 aromatic heterocycles. The molecule has 0 aliphatic carbocycles. The van der Waals surface area contributed by atoms with Crippen LogP contribution in [-0.4, -0.2) is 16.4 Å². The van der Waals surface area contributed by atoms with Crippen molar-refractivity contribution in [2.45, 2.75) is 0 Å². The zero-order chi connectivity index (χ0) is 0. The molecule has 0 amide bonds. The Labute approximate surface area is 50.6 Å². The van der Waals surface area contributed by atoms with Crippen LogP contribution in [0.1, 0.15) is 0 Å². The first kappa shape index (κ1) is 185. The first-order valence-electron chi connectivity index (χ1n) is 0. The average molecular weight is 194 g/mol. The predicted octanol–water partition coefficient (Wildman–Crippen LogP) is -1.90. The van der Waals surface area contributed by atoms with E-state index in [1.165, 1.54) is 0 Å². The molecule has 0 atom stereocenters. The molecule has 3 nitrogen and oxygen atoms in total. The molecule has 1 radical (unpaired) electrons. The molecule has 0 saturated heterocycles. The van der Waals surface area contributed by atoms with Crippen molar-refractivity contribution in [1.82, 2.24) is 0 Å². The standard InChI is InChI=1S/BrH.Co.3H2O/h1H;;3*1H2. The van der Waals surface area contributed by atoms with Gasteiger partial charge in [0.15, 0.2) is 0 Å². The van der Waals surface area contributed by atoms with E-state index in [9.17, 15) is 0 Å². The summed E-state index contributed by atoms with van der Waals surface area (Å²) in [5, 5.41) is 0. The van der Waals surface area contributed by atoms with E-state index in [1.807, 2.05) is 0 Å². The van der Waals surface area contributed by atoms with E-state index in [-0.39, 0.29) is 50.2 Å². The van der Waals surface area contributed by atoms with E-state index in [0.29, 0.717) is 0 Å². The normalized spacial score (nSPS) is 0. The minimum Gasteiger partial charge on any atom is -0.412 e. The summed E-state index contributed by atoms with van der Waals surface area (Å²) < 4.78 is 0. The fourth-order valence-corrected chi connectivity index (χ4v) is 0. The molecule has 0 aliphatic heterocycles. The van der Waals surface area contributed by atoms with Gasteiger partial charge in [0.1, 0.15) is 0 Å². The summed E-state index contributed by atoms with van der Waals surface area (Å²) >= 11 is 0. The fraction of sp³-hybridized carbons (Fsp3) is 0. The van der Waals surface area contributed by atoms with Gasteiger partial charge in [0.25, 0.3) is 0 Å². The van der Waals surface area contributed by atoms with E-state index in [4.69, 9.17) is 0 Å². The van der Waals surface area contributed by atoms with Crippen molar-refractivity contribution >= 4 is 17.0 Å². The molecule has 0 aromatic carbocycles. The maximum absolute atomic E-state index is 0. The van der Waals surface area contributed by atoms with Crippen LogP contribution < -0.4 is 0 Å². The molecule has 0 heterocycles. The molecule has 0 saturated carbocycles. The van der Waals surface area contributed by atoms with Gasteiger partial charge in [0.05, 0.1) is 0 Å². The van der Waals surface area contributed by atoms with Crippen LogP contribution in [0.15, 0.2) is 0 Å². The second kappa shape index (κ2) is 96.9. The Kier molecular flexibility index (Phi) is 3590. The first-order chi connectivity index (χ1) is 0. The molecule has 0 aromatic rings. The second-order valence-corrected chi connectivity index (χ2v) is 0. The molecule has 0 aliphatic rings. The predicted molar refractivity (Wildman–Crippen MR) is 21.2 cm³/mol. The number of rotatable bonds is 0. The van der Waals surface area contributed by atoms with Crippen molar-refractivity contribution in [2.24, 2.45) is 0 Å². The summed E-state index contributed by atoms with van der Waals surface area (Å²) in [4.78, 5) is 0. The summed E-state index contributed by atoms with van der Waals surface area (Å²) in [5.74, 6) is 0. The Morgan fingerprint density at radius 2 is 0.600 bits per heavy atom. The molecule has 6 N–H and O–H groups in total. The van der Waals surface area contributed by atoms with E-state index >= 15 is 0 Å². The van der Waals surface area contributed by atoms with Crippen molar-refractivity contribution < 1.29 is 33.2 Å². The molecule has 41 valence electrons. The van der Waals surface area contributed by atoms with Crippen molar-refractivity contribution in [2.75, 3.05) is 0 Å². The summed E-state index contributed by atoms with van der Waals surface area (Å²) in [6, 6.07) is 0. The monoisotopic (exact) mass is 193 g/mol. The molecule has 5 heteroatoms. The minimum absolute atomic E-state index is 0. The largest absolute Gasteiger partial charge is 0.412 e. The number of hydrogen-bond acceptors (Lipinski definition) is 0. The van der Waals surface area contributed by atoms with Crippen LogP contribution in [0.4, 0.5) is 0 Å². The van der Waals surface area contributed by atoms with Gasteiger partial charge in [0.2, 0.25) is 0 Å². The van der Waals surface area contributed by atoms with Crippen LogP contribution in [0.3, 0.4) is 0 Å². The van der Waals surface area contributed by atoms with Crippen molar-refractivity contribution in [3.8, 4) is 0 Å². The molecule has 5 heavy (non-hydrogen) atoms. The Morgan fingerprint density at radius 1 is 0.600 bits per heavy atom. The van der Waals surface area contributed by atoms with Gasteiger partial charge in [-0.25, -0.2) is 0 Å². The molecule has 0 spiro atoms. The Morgan fingerprint density at radius 3 is 0.600 bits per heavy atom. The molecule has 0 bridgehead atoms. The van der Waals surface area contributed by atoms with Gasteiger partial charge in [-0.1, -0.05) is 0 Å². The van der Waals surface area contributed by atoms with Gasteiger partial charge in [-0.2, -0.15) is 0 Å². The number of hydrogen-bond donors (Lipinski definition) is 0. The molecule has 0 fully saturated rings. The van der Waals surface area contributed by atoms with Crippen LogP contribution in [0.5, 0.6) is 0 Å². The van der Waals surface area contributed by atoms with E-state index in [0.717, 1.165) is 0 Å². The van der Waals surface area contributed by atoms with E-state index < -0.39 is 0 Å². The maximum atomic E-state index is 0. The van der Waals surface area contributed by atoms with Crippen LogP contribution in [-0.2, 0) is 16.8 Å². The van der Waals surface area contributed by atoms with Crippen LogP contribution in [0, 0.1) is 0 Å². The van der Waals surface area contributed by atoms with Crippen LogP contribution in [0.25, 0.3) is 0 Å². The Hall–Kier alpha value is 0.866. The third kappa shape index (κ3) is 53.3. The van der Waals surface area contributed by atoms with Gasteiger partial charge >= 0.3 is 0 Å². The van der Waals surface area contributed by atoms with Gasteiger partial charge in [0, 0.05) is 16.8 Å². The van der Waals surface area contributed by atoms with E-state index in [1.54, 1.807) is 0 Å². The van der Waals surface area contributed by atoms with Crippen molar-refractivity contribution in [3.63, 3.8) is 0 Å². The maximum Gasteiger partial charge on any atom is 0 e. The second-order valence-electron chi connectivity index (χ2n) is 0. The van der Waals surface area contributed by atoms with Crippen LogP contribution in [0.2, 0.25) is 0 Å². The average Bonchev–Trinajstić information content (AvgIpc) is 0. The SMILES string of the molecule is Br.O.O.O.[Co]. The van der Waals surface area contributed by atoms with Gasteiger partial charge in [-0.3, -0.25) is 0 Å². The van der Waals surface area contributed by atoms with Gasteiger partial charge in [-0.05, 0) is 0 Å². The van der Waals surface area contributed by atoms with E-state index in [2.05, 4.69) is 0 Å². The first-order valence-corrected chi connectivity index (χ1v) is 0. The minimum atomic E-state index is 0. The quantitative estimate of drug-likeness (QED) is 0.430.